The van der Waals surface area contributed by atoms with Crippen LogP contribution in [0.25, 0.3) is 0 Å². The van der Waals surface area contributed by atoms with Crippen LogP contribution < -0.4 is 16.2 Å². The van der Waals surface area contributed by atoms with Crippen LogP contribution in [0.1, 0.15) is 21.5 Å². The quantitative estimate of drug-likeness (QED) is 0.706. The van der Waals surface area contributed by atoms with Gasteiger partial charge in [0, 0.05) is 26.1 Å². The normalized spacial score (nSPS) is 22.2. The zero-order valence-electron chi connectivity index (χ0n) is 14.7. The van der Waals surface area contributed by atoms with Gasteiger partial charge in [0.15, 0.2) is 5.60 Å². The maximum absolute atomic E-state index is 11.5. The molecule has 0 radical (unpaired) electrons. The highest BCUT2D eigenvalue weighted by atomic mass is 16.6. The first-order valence-electron chi connectivity index (χ1n) is 8.68. The maximum Gasteiger partial charge on any atom is 0.336 e. The smallest absolute Gasteiger partial charge is 0.336 e. The Balaban J connectivity index is 1.58. The van der Waals surface area contributed by atoms with Crippen molar-refractivity contribution in [1.82, 2.24) is 14.9 Å². The third kappa shape index (κ3) is 3.38. The Morgan fingerprint density at radius 3 is 2.93 bits per heavy atom. The number of hydrogen-bond acceptors (Lipinski definition) is 8. The van der Waals surface area contributed by atoms with Crippen LogP contribution in [0.3, 0.4) is 0 Å². The third-order valence-electron chi connectivity index (χ3n) is 4.90. The number of carbonyl (C=O) groups is 1. The van der Waals surface area contributed by atoms with Gasteiger partial charge in [-0.05, 0) is 11.6 Å². The van der Waals surface area contributed by atoms with Gasteiger partial charge in [-0.3, -0.25) is 4.90 Å². The molecule has 0 unspecified atom stereocenters. The van der Waals surface area contributed by atoms with Gasteiger partial charge in [0.2, 0.25) is 11.8 Å². The van der Waals surface area contributed by atoms with Crippen LogP contribution in [0.15, 0.2) is 24.3 Å². The molecule has 2 aliphatic rings. The Bertz CT molecular complexity index is 890. The number of fused-ring (bicyclic) bond motifs is 1. The minimum atomic E-state index is -0.936. The van der Waals surface area contributed by atoms with Gasteiger partial charge in [0.05, 0.1) is 24.3 Å². The minimum absolute atomic E-state index is 0.0741. The minimum Gasteiger partial charge on any atom is -0.478 e. The molecule has 1 atom stereocenters. The Morgan fingerprint density at radius 2 is 2.11 bits per heavy atom. The molecule has 1 fully saturated rings. The maximum atomic E-state index is 11.5. The summed E-state index contributed by atoms with van der Waals surface area (Å²) in [5, 5.41) is 9.42. The van der Waals surface area contributed by atoms with Gasteiger partial charge in [-0.2, -0.15) is 9.97 Å². The molecule has 5 N–H and O–H groups in total. The third-order valence-corrected chi connectivity index (χ3v) is 4.90. The van der Waals surface area contributed by atoms with Crippen molar-refractivity contribution < 1.29 is 19.4 Å². The molecule has 1 saturated heterocycles. The van der Waals surface area contributed by atoms with Crippen LogP contribution in [0.2, 0.25) is 0 Å². The summed E-state index contributed by atoms with van der Waals surface area (Å²) in [6.45, 7) is 2.62. The summed E-state index contributed by atoms with van der Waals surface area (Å²) in [4.78, 5) is 21.8. The highest BCUT2D eigenvalue weighted by molar-refractivity contribution is 5.89. The summed E-state index contributed by atoms with van der Waals surface area (Å²) >= 11 is 0. The van der Waals surface area contributed by atoms with E-state index in [0.29, 0.717) is 56.5 Å². The van der Waals surface area contributed by atoms with Gasteiger partial charge in [-0.25, -0.2) is 4.79 Å². The molecule has 1 aromatic carbocycles. The van der Waals surface area contributed by atoms with Crippen LogP contribution >= 0.6 is 0 Å². The molecule has 142 valence electrons. The van der Waals surface area contributed by atoms with Crippen LogP contribution in [0, 0.1) is 0 Å². The van der Waals surface area contributed by atoms with E-state index in [2.05, 4.69) is 14.9 Å². The molecule has 2 aliphatic heterocycles. The Labute approximate surface area is 155 Å². The molecule has 9 nitrogen and oxygen atoms in total. The van der Waals surface area contributed by atoms with Gasteiger partial charge in [0.25, 0.3) is 0 Å². The summed E-state index contributed by atoms with van der Waals surface area (Å²) in [5.41, 5.74) is 12.8. The second kappa shape index (κ2) is 6.67. The molecule has 0 aliphatic carbocycles. The number of rotatable bonds is 3. The fourth-order valence-electron chi connectivity index (χ4n) is 3.71. The lowest BCUT2D eigenvalue weighted by atomic mass is 9.97. The lowest BCUT2D eigenvalue weighted by Crippen LogP contribution is -2.48. The lowest BCUT2D eigenvalue weighted by molar-refractivity contribution is -0.00266. The molecule has 0 saturated carbocycles. The van der Waals surface area contributed by atoms with Crippen molar-refractivity contribution in [2.45, 2.75) is 18.6 Å². The number of ether oxygens (including phenoxy) is 2. The molecule has 2 aromatic rings. The Hall–Kier alpha value is -2.91. The summed E-state index contributed by atoms with van der Waals surface area (Å²) in [7, 11) is 0. The summed E-state index contributed by atoms with van der Waals surface area (Å²) in [5.74, 6) is -0.141. The fourth-order valence-corrected chi connectivity index (χ4v) is 3.71. The molecule has 0 amide bonds. The van der Waals surface area contributed by atoms with Gasteiger partial charge in [-0.15, -0.1) is 0 Å². The summed E-state index contributed by atoms with van der Waals surface area (Å²) < 4.78 is 11.9. The van der Waals surface area contributed by atoms with Crippen molar-refractivity contribution in [3.8, 4) is 5.88 Å². The largest absolute Gasteiger partial charge is 0.478 e. The van der Waals surface area contributed by atoms with Crippen molar-refractivity contribution in [2.75, 3.05) is 37.8 Å². The fraction of sp³-hybridized carbons (Fsp3) is 0.389. The van der Waals surface area contributed by atoms with E-state index in [1.54, 1.807) is 12.1 Å². The van der Waals surface area contributed by atoms with Crippen molar-refractivity contribution >= 4 is 17.7 Å². The van der Waals surface area contributed by atoms with Crippen molar-refractivity contribution in [1.29, 1.82) is 0 Å². The number of carboxylic acids is 1. The average molecular weight is 371 g/mol. The van der Waals surface area contributed by atoms with Crippen LogP contribution in [-0.4, -0.2) is 57.8 Å². The second-order valence-corrected chi connectivity index (χ2v) is 6.94. The van der Waals surface area contributed by atoms with E-state index in [-0.39, 0.29) is 5.95 Å². The number of benzene rings is 1. The van der Waals surface area contributed by atoms with Crippen molar-refractivity contribution in [2.24, 2.45) is 0 Å². The monoisotopic (exact) mass is 371 g/mol. The Morgan fingerprint density at radius 1 is 1.30 bits per heavy atom. The molecular formula is C18H21N5O4. The van der Waals surface area contributed by atoms with E-state index in [1.807, 2.05) is 12.1 Å². The lowest BCUT2D eigenvalue weighted by Gasteiger charge is -2.31. The second-order valence-electron chi connectivity index (χ2n) is 6.94. The molecular weight excluding hydrogens is 350 g/mol. The van der Waals surface area contributed by atoms with E-state index >= 15 is 0 Å². The predicted octanol–water partition coefficient (Wildman–Crippen LogP) is 0.545. The number of anilines is 2. The average Bonchev–Trinajstić information content (AvgIpc) is 2.85. The van der Waals surface area contributed by atoms with Gasteiger partial charge in [0.1, 0.15) is 5.82 Å². The Kier molecular flexibility index (Phi) is 4.33. The molecule has 9 heteroatoms. The predicted molar refractivity (Wildman–Crippen MR) is 97.4 cm³/mol. The summed E-state index contributed by atoms with van der Waals surface area (Å²) in [6, 6.07) is 7.01. The molecule has 3 heterocycles. The van der Waals surface area contributed by atoms with Gasteiger partial charge in [-0.1, -0.05) is 18.2 Å². The molecule has 4 rings (SSSR count). The van der Waals surface area contributed by atoms with Crippen LogP contribution in [0.4, 0.5) is 11.8 Å². The van der Waals surface area contributed by atoms with E-state index in [0.717, 1.165) is 11.1 Å². The number of hydrogen-bond donors (Lipinski definition) is 3. The molecule has 27 heavy (non-hydrogen) atoms. The van der Waals surface area contributed by atoms with Crippen LogP contribution in [0.5, 0.6) is 5.88 Å². The number of nitrogens with two attached hydrogens (primary N) is 2. The van der Waals surface area contributed by atoms with Crippen LogP contribution in [-0.2, 0) is 17.7 Å². The van der Waals surface area contributed by atoms with E-state index in [1.165, 1.54) is 0 Å². The SMILES string of the molecule is Nc1nc(N)c2c(n1)O[C@@]1(COCCN(Cc3ccccc3C(=O)O)C1)C2. The molecule has 0 bridgehead atoms. The number of carboxylic acid groups (broad SMARTS) is 1. The first kappa shape index (κ1) is 17.5. The molecule has 1 spiro atoms. The number of aromatic nitrogens is 2. The van der Waals surface area contributed by atoms with E-state index in [4.69, 9.17) is 20.9 Å². The standard InChI is InChI=1S/C18H21N5O4/c19-14-13-7-18(27-15(13)22-17(20)21-14)9-23(5-6-26-10-18)8-11-3-1-2-4-12(11)16(24)25/h1-4H,5-10H2,(H,24,25)(H4,19,20,21,22)/t18-/m0/s1. The first-order valence-corrected chi connectivity index (χ1v) is 8.68. The first-order chi connectivity index (χ1) is 13.0. The number of nitrogen functional groups attached to an aromatic ring is 2. The van der Waals surface area contributed by atoms with E-state index < -0.39 is 11.6 Å². The summed E-state index contributed by atoms with van der Waals surface area (Å²) in [6.07, 6.45) is 0.519. The highest BCUT2D eigenvalue weighted by Gasteiger charge is 2.44. The highest BCUT2D eigenvalue weighted by Crippen LogP contribution is 2.38. The zero-order chi connectivity index (χ0) is 19.0. The number of nitrogens with zero attached hydrogens (tertiary/aromatic N) is 3. The number of aromatic carboxylic acids is 1. The van der Waals surface area contributed by atoms with Gasteiger partial charge < -0.3 is 26.0 Å². The zero-order valence-corrected chi connectivity index (χ0v) is 14.7. The molecule has 1 aromatic heterocycles. The topological polar surface area (TPSA) is 137 Å². The van der Waals surface area contributed by atoms with Crippen molar-refractivity contribution in [3.63, 3.8) is 0 Å². The van der Waals surface area contributed by atoms with Gasteiger partial charge >= 0.3 is 5.97 Å². The van der Waals surface area contributed by atoms with Crippen molar-refractivity contribution in [3.05, 3.63) is 41.0 Å². The van der Waals surface area contributed by atoms with E-state index in [9.17, 15) is 9.90 Å².